The summed E-state index contributed by atoms with van der Waals surface area (Å²) in [5.74, 6) is 0.926. The number of hydrogen-bond donors (Lipinski definition) is 2. The van der Waals surface area contributed by atoms with E-state index in [4.69, 9.17) is 16.2 Å². The summed E-state index contributed by atoms with van der Waals surface area (Å²) in [6.07, 6.45) is 0.893. The van der Waals surface area contributed by atoms with Gasteiger partial charge in [-0.05, 0) is 55.8 Å². The van der Waals surface area contributed by atoms with Crippen LogP contribution in [0, 0.1) is 26.2 Å². The van der Waals surface area contributed by atoms with E-state index >= 15 is 0 Å². The van der Waals surface area contributed by atoms with E-state index < -0.39 is 0 Å². The number of benzene rings is 1. The number of hydrogen-bond acceptors (Lipinski definition) is 3. The highest BCUT2D eigenvalue weighted by Gasteiger charge is 2.31. The average molecular weight is 264 g/mol. The quantitative estimate of drug-likeness (QED) is 0.859. The second kappa shape index (κ2) is 5.93. The first-order valence-electron chi connectivity index (χ1n) is 6.86. The molecule has 1 rings (SSSR count). The highest BCUT2D eigenvalue weighted by Crippen LogP contribution is 2.41. The van der Waals surface area contributed by atoms with E-state index in [1.54, 1.807) is 7.11 Å². The normalized spacial score (nSPS) is 13.5. The van der Waals surface area contributed by atoms with Crippen LogP contribution in [-0.2, 0) is 0 Å². The van der Waals surface area contributed by atoms with Crippen molar-refractivity contribution < 1.29 is 4.74 Å². The Morgan fingerprint density at radius 2 is 1.79 bits per heavy atom. The molecule has 0 amide bonds. The van der Waals surface area contributed by atoms with E-state index in [-0.39, 0.29) is 11.5 Å². The largest absolute Gasteiger partial charge is 0.496 e. The Morgan fingerprint density at radius 1 is 1.21 bits per heavy atom. The van der Waals surface area contributed by atoms with Crippen molar-refractivity contribution in [3.05, 3.63) is 28.3 Å². The summed E-state index contributed by atoms with van der Waals surface area (Å²) in [6, 6.07) is 2.11. The van der Waals surface area contributed by atoms with Gasteiger partial charge in [-0.1, -0.05) is 19.9 Å². The molecule has 1 aromatic rings. The van der Waals surface area contributed by atoms with Crippen molar-refractivity contribution in [2.45, 2.75) is 47.1 Å². The summed E-state index contributed by atoms with van der Waals surface area (Å²) in [5.41, 5.74) is 16.9. The fourth-order valence-electron chi connectivity index (χ4n) is 2.64. The maximum absolute atomic E-state index is 6.52. The van der Waals surface area contributed by atoms with E-state index in [9.17, 15) is 0 Å². The van der Waals surface area contributed by atoms with Crippen molar-refractivity contribution in [3.8, 4) is 5.75 Å². The molecule has 3 heteroatoms. The Bertz CT molecular complexity index is 453. The molecule has 1 unspecified atom stereocenters. The van der Waals surface area contributed by atoms with Gasteiger partial charge in [-0.3, -0.25) is 0 Å². The molecular weight excluding hydrogens is 236 g/mol. The standard InChI is InChI=1S/C16H28N2O/c1-10-9-11(2)13(14(19-6)12(10)3)15(18)16(4,5)7-8-17/h9,15H,7-8,17-18H2,1-6H3. The highest BCUT2D eigenvalue weighted by molar-refractivity contribution is 5.51. The average Bonchev–Trinajstić information content (AvgIpc) is 2.32. The van der Waals surface area contributed by atoms with Crippen LogP contribution in [0.2, 0.25) is 0 Å². The Labute approximate surface area is 117 Å². The summed E-state index contributed by atoms with van der Waals surface area (Å²) in [6.45, 7) is 11.3. The van der Waals surface area contributed by atoms with Crippen molar-refractivity contribution in [1.82, 2.24) is 0 Å². The molecule has 1 aromatic carbocycles. The lowest BCUT2D eigenvalue weighted by Crippen LogP contribution is -2.32. The first-order chi connectivity index (χ1) is 8.76. The van der Waals surface area contributed by atoms with E-state index in [1.807, 2.05) is 0 Å². The van der Waals surface area contributed by atoms with Gasteiger partial charge >= 0.3 is 0 Å². The third-order valence-electron chi connectivity index (χ3n) is 4.18. The van der Waals surface area contributed by atoms with Crippen LogP contribution in [0.3, 0.4) is 0 Å². The van der Waals surface area contributed by atoms with Crippen molar-refractivity contribution in [1.29, 1.82) is 0 Å². The zero-order chi connectivity index (χ0) is 14.8. The van der Waals surface area contributed by atoms with Crippen LogP contribution in [0.5, 0.6) is 5.75 Å². The van der Waals surface area contributed by atoms with Gasteiger partial charge in [-0.25, -0.2) is 0 Å². The lowest BCUT2D eigenvalue weighted by molar-refractivity contribution is 0.263. The van der Waals surface area contributed by atoms with E-state index in [1.165, 1.54) is 16.7 Å². The Balaban J connectivity index is 3.38. The second-order valence-corrected chi connectivity index (χ2v) is 6.09. The molecule has 0 saturated carbocycles. The fourth-order valence-corrected chi connectivity index (χ4v) is 2.64. The Hall–Kier alpha value is -1.06. The van der Waals surface area contributed by atoms with Crippen molar-refractivity contribution in [2.75, 3.05) is 13.7 Å². The zero-order valence-electron chi connectivity index (χ0n) is 13.1. The van der Waals surface area contributed by atoms with Crippen LogP contribution < -0.4 is 16.2 Å². The number of aryl methyl sites for hydroxylation is 2. The van der Waals surface area contributed by atoms with Gasteiger partial charge in [0.1, 0.15) is 5.75 Å². The number of ether oxygens (including phenoxy) is 1. The number of rotatable bonds is 5. The zero-order valence-corrected chi connectivity index (χ0v) is 13.1. The van der Waals surface area contributed by atoms with Crippen LogP contribution in [0.15, 0.2) is 6.07 Å². The van der Waals surface area contributed by atoms with Crippen LogP contribution >= 0.6 is 0 Å². The van der Waals surface area contributed by atoms with Crippen LogP contribution in [0.25, 0.3) is 0 Å². The molecule has 3 nitrogen and oxygen atoms in total. The molecule has 0 aromatic heterocycles. The molecular formula is C16H28N2O. The van der Waals surface area contributed by atoms with Crippen LogP contribution in [0.4, 0.5) is 0 Å². The van der Waals surface area contributed by atoms with E-state index in [0.29, 0.717) is 6.54 Å². The smallest absolute Gasteiger partial charge is 0.127 e. The molecule has 0 bridgehead atoms. The molecule has 0 radical (unpaired) electrons. The molecule has 0 aliphatic heterocycles. The first kappa shape index (κ1) is 16.0. The maximum atomic E-state index is 6.52. The van der Waals surface area contributed by atoms with Gasteiger partial charge in [0.15, 0.2) is 0 Å². The van der Waals surface area contributed by atoms with E-state index in [2.05, 4.69) is 40.7 Å². The van der Waals surface area contributed by atoms with Crippen molar-refractivity contribution >= 4 is 0 Å². The fraction of sp³-hybridized carbons (Fsp3) is 0.625. The van der Waals surface area contributed by atoms with Gasteiger partial charge < -0.3 is 16.2 Å². The number of nitrogens with two attached hydrogens (primary N) is 2. The highest BCUT2D eigenvalue weighted by atomic mass is 16.5. The predicted octanol–water partition coefficient (Wildman–Crippen LogP) is 3.00. The van der Waals surface area contributed by atoms with E-state index in [0.717, 1.165) is 17.7 Å². The first-order valence-corrected chi connectivity index (χ1v) is 6.86. The predicted molar refractivity (Wildman–Crippen MR) is 81.6 cm³/mol. The van der Waals surface area contributed by atoms with Gasteiger partial charge in [-0.15, -0.1) is 0 Å². The lowest BCUT2D eigenvalue weighted by Gasteiger charge is -2.34. The minimum atomic E-state index is -0.0784. The summed E-state index contributed by atoms with van der Waals surface area (Å²) in [5, 5.41) is 0. The maximum Gasteiger partial charge on any atom is 0.127 e. The van der Waals surface area contributed by atoms with Crippen LogP contribution in [-0.4, -0.2) is 13.7 Å². The third-order valence-corrected chi connectivity index (χ3v) is 4.18. The summed E-state index contributed by atoms with van der Waals surface area (Å²) in [4.78, 5) is 0. The lowest BCUT2D eigenvalue weighted by atomic mass is 9.76. The monoisotopic (exact) mass is 264 g/mol. The summed E-state index contributed by atoms with van der Waals surface area (Å²) < 4.78 is 5.62. The van der Waals surface area contributed by atoms with Crippen molar-refractivity contribution in [2.24, 2.45) is 16.9 Å². The van der Waals surface area contributed by atoms with Gasteiger partial charge in [-0.2, -0.15) is 0 Å². The molecule has 0 heterocycles. The molecule has 0 saturated heterocycles. The minimum absolute atomic E-state index is 0.0471. The van der Waals surface area contributed by atoms with Crippen molar-refractivity contribution in [3.63, 3.8) is 0 Å². The van der Waals surface area contributed by atoms with Gasteiger partial charge in [0.25, 0.3) is 0 Å². The molecule has 108 valence electrons. The van der Waals surface area contributed by atoms with Crippen LogP contribution in [0.1, 0.15) is 48.6 Å². The van der Waals surface area contributed by atoms with Gasteiger partial charge in [0.05, 0.1) is 7.11 Å². The molecule has 0 aliphatic carbocycles. The second-order valence-electron chi connectivity index (χ2n) is 6.09. The Morgan fingerprint density at radius 3 is 2.26 bits per heavy atom. The summed E-state index contributed by atoms with van der Waals surface area (Å²) >= 11 is 0. The molecule has 0 spiro atoms. The minimum Gasteiger partial charge on any atom is -0.496 e. The molecule has 19 heavy (non-hydrogen) atoms. The molecule has 0 aliphatic rings. The molecule has 0 fully saturated rings. The SMILES string of the molecule is COc1c(C)c(C)cc(C)c1C(N)C(C)(C)CCN. The van der Waals surface area contributed by atoms with Gasteiger partial charge in [0, 0.05) is 11.6 Å². The topological polar surface area (TPSA) is 61.3 Å². The molecule has 4 N–H and O–H groups in total. The third kappa shape index (κ3) is 3.10. The summed E-state index contributed by atoms with van der Waals surface area (Å²) in [7, 11) is 1.72. The van der Waals surface area contributed by atoms with Gasteiger partial charge in [0.2, 0.25) is 0 Å². The number of methoxy groups -OCH3 is 1. The molecule has 1 atom stereocenters. The Kier molecular flexibility index (Phi) is 4.99.